The Bertz CT molecular complexity index is 402. The van der Waals surface area contributed by atoms with Crippen LogP contribution in [0, 0.1) is 0 Å². The summed E-state index contributed by atoms with van der Waals surface area (Å²) in [7, 11) is 1.76. The van der Waals surface area contributed by atoms with Gasteiger partial charge in [-0.25, -0.2) is 9.78 Å². The molecule has 0 bridgehead atoms. The lowest BCUT2D eigenvalue weighted by Crippen LogP contribution is -2.36. The van der Waals surface area contributed by atoms with Gasteiger partial charge in [-0.2, -0.15) is 0 Å². The number of rotatable bonds is 4. The van der Waals surface area contributed by atoms with Gasteiger partial charge in [0.25, 0.3) is 0 Å². The van der Waals surface area contributed by atoms with Crippen molar-refractivity contribution in [3.63, 3.8) is 0 Å². The van der Waals surface area contributed by atoms with Crippen molar-refractivity contribution in [3.05, 3.63) is 23.9 Å². The molecule has 0 saturated heterocycles. The number of nitrogens with zero attached hydrogens (tertiary/aromatic N) is 2. The average Bonchev–Trinajstić information content (AvgIpc) is 3.11. The first-order chi connectivity index (χ1) is 7.59. The van der Waals surface area contributed by atoms with Crippen molar-refractivity contribution in [1.82, 2.24) is 4.98 Å². The summed E-state index contributed by atoms with van der Waals surface area (Å²) >= 11 is 0. The number of aliphatic carboxylic acids is 1. The van der Waals surface area contributed by atoms with E-state index >= 15 is 0 Å². The third-order valence-electron chi connectivity index (χ3n) is 3.12. The number of likely N-dealkylation sites (N-methyl/N-ethyl adjacent to an activating group) is 1. The fourth-order valence-electron chi connectivity index (χ4n) is 1.66. The summed E-state index contributed by atoms with van der Waals surface area (Å²) in [5, 5.41) is 8.94. The average molecular weight is 220 g/mol. The molecule has 86 valence electrons. The summed E-state index contributed by atoms with van der Waals surface area (Å²) in [6.45, 7) is 1.66. The smallest absolute Gasteiger partial charge is 0.326 e. The third-order valence-corrected chi connectivity index (χ3v) is 3.12. The van der Waals surface area contributed by atoms with E-state index in [1.165, 1.54) is 18.4 Å². The van der Waals surface area contributed by atoms with Gasteiger partial charge in [-0.05, 0) is 43.4 Å². The molecule has 1 N–H and O–H groups in total. The largest absolute Gasteiger partial charge is 0.480 e. The lowest BCUT2D eigenvalue weighted by atomic mass is 10.1. The number of carboxylic acid groups (broad SMARTS) is 1. The summed E-state index contributed by atoms with van der Waals surface area (Å²) in [4.78, 5) is 16.8. The molecule has 1 saturated carbocycles. The highest BCUT2D eigenvalue weighted by Crippen LogP contribution is 2.40. The van der Waals surface area contributed by atoms with Gasteiger partial charge in [-0.3, -0.25) is 0 Å². The number of carboxylic acids is 1. The maximum absolute atomic E-state index is 10.9. The molecule has 1 aliphatic carbocycles. The van der Waals surface area contributed by atoms with E-state index in [2.05, 4.69) is 4.98 Å². The molecule has 0 spiro atoms. The Kier molecular flexibility index (Phi) is 2.81. The molecule has 1 unspecified atom stereocenters. The van der Waals surface area contributed by atoms with E-state index in [1.54, 1.807) is 25.1 Å². The Hall–Kier alpha value is -1.58. The van der Waals surface area contributed by atoms with Gasteiger partial charge in [0.05, 0.1) is 0 Å². The van der Waals surface area contributed by atoms with Crippen LogP contribution in [0.3, 0.4) is 0 Å². The maximum Gasteiger partial charge on any atom is 0.326 e. The molecule has 16 heavy (non-hydrogen) atoms. The van der Waals surface area contributed by atoms with Crippen LogP contribution in [-0.4, -0.2) is 29.1 Å². The molecule has 0 amide bonds. The molecule has 0 aromatic carbocycles. The van der Waals surface area contributed by atoms with Gasteiger partial charge in [-0.1, -0.05) is 0 Å². The first-order valence-corrected chi connectivity index (χ1v) is 5.51. The van der Waals surface area contributed by atoms with Crippen LogP contribution in [0.15, 0.2) is 18.3 Å². The zero-order valence-corrected chi connectivity index (χ0v) is 9.55. The van der Waals surface area contributed by atoms with Crippen LogP contribution in [-0.2, 0) is 4.79 Å². The van der Waals surface area contributed by atoms with E-state index in [-0.39, 0.29) is 0 Å². The second-order valence-corrected chi connectivity index (χ2v) is 4.35. The number of hydrogen-bond donors (Lipinski definition) is 1. The summed E-state index contributed by atoms with van der Waals surface area (Å²) in [5.41, 5.74) is 1.27. The summed E-state index contributed by atoms with van der Waals surface area (Å²) < 4.78 is 0. The van der Waals surface area contributed by atoms with E-state index in [0.29, 0.717) is 5.92 Å². The molecule has 4 heteroatoms. The lowest BCUT2D eigenvalue weighted by Gasteiger charge is -2.22. The van der Waals surface area contributed by atoms with Gasteiger partial charge < -0.3 is 10.0 Å². The van der Waals surface area contributed by atoms with Crippen molar-refractivity contribution >= 4 is 11.8 Å². The molecule has 2 rings (SSSR count). The van der Waals surface area contributed by atoms with Crippen LogP contribution >= 0.6 is 0 Å². The van der Waals surface area contributed by atoms with Gasteiger partial charge in [0.15, 0.2) is 0 Å². The third kappa shape index (κ3) is 2.15. The van der Waals surface area contributed by atoms with Crippen molar-refractivity contribution < 1.29 is 9.90 Å². The van der Waals surface area contributed by atoms with E-state index in [0.717, 1.165) is 5.82 Å². The summed E-state index contributed by atoms with van der Waals surface area (Å²) in [6.07, 6.45) is 4.23. The van der Waals surface area contributed by atoms with Crippen molar-refractivity contribution in [3.8, 4) is 0 Å². The van der Waals surface area contributed by atoms with Gasteiger partial charge in [0.2, 0.25) is 0 Å². The minimum absolute atomic E-state index is 0.554. The molecule has 4 nitrogen and oxygen atoms in total. The number of hydrogen-bond acceptors (Lipinski definition) is 3. The molecule has 0 aliphatic heterocycles. The summed E-state index contributed by atoms with van der Waals surface area (Å²) in [5.74, 6) is 0.565. The highest BCUT2D eigenvalue weighted by atomic mass is 16.4. The van der Waals surface area contributed by atoms with Crippen molar-refractivity contribution in [2.24, 2.45) is 0 Å². The van der Waals surface area contributed by atoms with E-state index in [1.807, 2.05) is 12.1 Å². The van der Waals surface area contributed by atoms with Crippen LogP contribution in [0.4, 0.5) is 5.82 Å². The number of pyridine rings is 1. The standard InChI is InChI=1S/C12H16N2O2/c1-8(12(15)16)14(2)11-7-10(5-6-13-11)9-3-4-9/h5-9H,3-4H2,1-2H3,(H,15,16). The van der Waals surface area contributed by atoms with E-state index in [4.69, 9.17) is 5.11 Å². The predicted octanol–water partition coefficient (Wildman–Crippen LogP) is 1.87. The Morgan fingerprint density at radius 2 is 2.31 bits per heavy atom. The van der Waals surface area contributed by atoms with Crippen LogP contribution in [0.1, 0.15) is 31.2 Å². The first-order valence-electron chi connectivity index (χ1n) is 5.51. The Morgan fingerprint density at radius 3 is 2.88 bits per heavy atom. The zero-order valence-electron chi connectivity index (χ0n) is 9.55. The highest BCUT2D eigenvalue weighted by Gasteiger charge is 2.25. The second kappa shape index (κ2) is 4.12. The van der Waals surface area contributed by atoms with Crippen molar-refractivity contribution in [1.29, 1.82) is 0 Å². The van der Waals surface area contributed by atoms with Crippen LogP contribution in [0.5, 0.6) is 0 Å². The number of anilines is 1. The van der Waals surface area contributed by atoms with Crippen molar-refractivity contribution in [2.75, 3.05) is 11.9 Å². The molecule has 1 aromatic heterocycles. The topological polar surface area (TPSA) is 53.4 Å². The molecular formula is C12H16N2O2. The molecule has 1 heterocycles. The Balaban J connectivity index is 2.18. The fraction of sp³-hybridized carbons (Fsp3) is 0.500. The van der Waals surface area contributed by atoms with Gasteiger partial charge in [-0.15, -0.1) is 0 Å². The molecule has 1 aromatic rings. The van der Waals surface area contributed by atoms with E-state index < -0.39 is 12.0 Å². The Labute approximate surface area is 94.9 Å². The van der Waals surface area contributed by atoms with Gasteiger partial charge in [0, 0.05) is 13.2 Å². The highest BCUT2D eigenvalue weighted by molar-refractivity contribution is 5.77. The van der Waals surface area contributed by atoms with Crippen LogP contribution in [0.25, 0.3) is 0 Å². The molecule has 0 radical (unpaired) electrons. The second-order valence-electron chi connectivity index (χ2n) is 4.35. The SMILES string of the molecule is CC(C(=O)O)N(C)c1cc(C2CC2)ccn1. The Morgan fingerprint density at radius 1 is 1.62 bits per heavy atom. The predicted molar refractivity (Wildman–Crippen MR) is 61.7 cm³/mol. The van der Waals surface area contributed by atoms with Crippen LogP contribution in [0.2, 0.25) is 0 Å². The molecule has 1 aliphatic rings. The quantitative estimate of drug-likeness (QED) is 0.841. The maximum atomic E-state index is 10.9. The summed E-state index contributed by atoms with van der Waals surface area (Å²) in [6, 6.07) is 3.46. The molecular weight excluding hydrogens is 204 g/mol. The first kappa shape index (κ1) is 10.9. The van der Waals surface area contributed by atoms with Crippen LogP contribution < -0.4 is 4.90 Å². The zero-order chi connectivity index (χ0) is 11.7. The minimum atomic E-state index is -0.832. The monoisotopic (exact) mass is 220 g/mol. The molecule has 1 atom stereocenters. The van der Waals surface area contributed by atoms with Gasteiger partial charge >= 0.3 is 5.97 Å². The number of aromatic nitrogens is 1. The van der Waals surface area contributed by atoms with E-state index in [9.17, 15) is 4.79 Å². The lowest BCUT2D eigenvalue weighted by molar-refractivity contribution is -0.138. The number of carbonyl (C=O) groups is 1. The fourth-order valence-corrected chi connectivity index (χ4v) is 1.66. The van der Waals surface area contributed by atoms with Crippen molar-refractivity contribution in [2.45, 2.75) is 31.7 Å². The normalized spacial score (nSPS) is 16.9. The molecule has 1 fully saturated rings. The minimum Gasteiger partial charge on any atom is -0.480 e. The van der Waals surface area contributed by atoms with Gasteiger partial charge in [0.1, 0.15) is 11.9 Å².